The van der Waals surface area contributed by atoms with E-state index in [0.29, 0.717) is 36.7 Å². The minimum absolute atomic E-state index is 0.174. The number of thiazole rings is 2. The Hall–Kier alpha value is -1.40. The number of aromatic nitrogens is 2. The number of carbonyl (C=O) groups excluding carboxylic acids is 2. The number of rotatable bonds is 10. The van der Waals surface area contributed by atoms with Crippen molar-refractivity contribution < 1.29 is 9.59 Å². The van der Waals surface area contributed by atoms with E-state index < -0.39 is 0 Å². The molecule has 0 saturated heterocycles. The van der Waals surface area contributed by atoms with Crippen molar-refractivity contribution in [2.45, 2.75) is 89.9 Å². The average Bonchev–Trinajstić information content (AvgIpc) is 3.30. The van der Waals surface area contributed by atoms with Gasteiger partial charge in [-0.3, -0.25) is 9.59 Å². The standard InChI is InChI=1S/C22H28N2O2S2/c1-2-15(25)8-4-3-5-10-17(26)19-20(14-12-13-14)28-22(24-19)21-23-16-9-6-7-11-18(16)27-21/h14H,2-13H2,1H3. The van der Waals surface area contributed by atoms with E-state index in [4.69, 9.17) is 9.97 Å². The highest BCUT2D eigenvalue weighted by molar-refractivity contribution is 7.21. The Bertz CT molecular complexity index is 841. The summed E-state index contributed by atoms with van der Waals surface area (Å²) in [6.07, 6.45) is 11.5. The maximum atomic E-state index is 12.9. The van der Waals surface area contributed by atoms with Crippen molar-refractivity contribution in [3.8, 4) is 10.0 Å². The number of hydrogen-bond acceptors (Lipinski definition) is 6. The molecule has 2 aliphatic rings. The van der Waals surface area contributed by atoms with Gasteiger partial charge in [0.25, 0.3) is 0 Å². The fourth-order valence-corrected chi connectivity index (χ4v) is 6.19. The Morgan fingerprint density at radius 2 is 1.71 bits per heavy atom. The third-order valence-electron chi connectivity index (χ3n) is 5.65. The summed E-state index contributed by atoms with van der Waals surface area (Å²) in [5.74, 6) is 1.02. The van der Waals surface area contributed by atoms with Gasteiger partial charge in [-0.1, -0.05) is 13.3 Å². The molecular weight excluding hydrogens is 388 g/mol. The zero-order valence-corrected chi connectivity index (χ0v) is 18.2. The zero-order valence-electron chi connectivity index (χ0n) is 16.6. The van der Waals surface area contributed by atoms with Crippen LogP contribution < -0.4 is 0 Å². The van der Waals surface area contributed by atoms with Crippen LogP contribution in [0.1, 0.15) is 103 Å². The molecule has 0 bridgehead atoms. The first-order valence-corrected chi connectivity index (χ1v) is 12.3. The van der Waals surface area contributed by atoms with Crippen LogP contribution in [0.3, 0.4) is 0 Å². The predicted molar refractivity (Wildman–Crippen MR) is 115 cm³/mol. The van der Waals surface area contributed by atoms with E-state index in [0.717, 1.165) is 42.1 Å². The third kappa shape index (κ3) is 4.60. The first-order valence-electron chi connectivity index (χ1n) is 10.7. The van der Waals surface area contributed by atoms with Gasteiger partial charge in [-0.15, -0.1) is 22.7 Å². The number of ketones is 2. The largest absolute Gasteiger partial charge is 0.300 e. The molecule has 28 heavy (non-hydrogen) atoms. The van der Waals surface area contributed by atoms with Gasteiger partial charge in [0.2, 0.25) is 0 Å². The van der Waals surface area contributed by atoms with Crippen LogP contribution in [0, 0.1) is 0 Å². The van der Waals surface area contributed by atoms with Gasteiger partial charge in [-0.25, -0.2) is 9.97 Å². The highest BCUT2D eigenvalue weighted by Gasteiger charge is 2.32. The number of hydrogen-bond donors (Lipinski definition) is 0. The van der Waals surface area contributed by atoms with Gasteiger partial charge in [0.15, 0.2) is 15.8 Å². The average molecular weight is 417 g/mol. The lowest BCUT2D eigenvalue weighted by atomic mass is 10.0. The van der Waals surface area contributed by atoms with Crippen molar-refractivity contribution >= 4 is 34.2 Å². The lowest BCUT2D eigenvalue weighted by molar-refractivity contribution is -0.118. The molecule has 2 heterocycles. The molecule has 0 unspecified atom stereocenters. The summed E-state index contributed by atoms with van der Waals surface area (Å²) in [7, 11) is 0. The number of nitrogens with zero attached hydrogens (tertiary/aromatic N) is 2. The Morgan fingerprint density at radius 3 is 2.46 bits per heavy atom. The van der Waals surface area contributed by atoms with E-state index in [2.05, 4.69) is 0 Å². The van der Waals surface area contributed by atoms with Gasteiger partial charge in [-0.05, 0) is 57.3 Å². The van der Waals surface area contributed by atoms with Crippen LogP contribution in [-0.4, -0.2) is 21.5 Å². The normalized spacial score (nSPS) is 16.2. The van der Waals surface area contributed by atoms with Crippen molar-refractivity contribution in [3.63, 3.8) is 0 Å². The van der Waals surface area contributed by atoms with E-state index >= 15 is 0 Å². The van der Waals surface area contributed by atoms with Gasteiger partial charge in [-0.2, -0.15) is 0 Å². The highest BCUT2D eigenvalue weighted by atomic mass is 32.1. The molecule has 2 aromatic rings. The molecule has 2 aromatic heterocycles. The second kappa shape index (κ2) is 8.95. The molecule has 2 aliphatic carbocycles. The quantitative estimate of drug-likeness (QED) is 0.345. The molecule has 0 radical (unpaired) electrons. The molecule has 4 nitrogen and oxygen atoms in total. The van der Waals surface area contributed by atoms with E-state index in [1.807, 2.05) is 6.92 Å². The minimum Gasteiger partial charge on any atom is -0.300 e. The van der Waals surface area contributed by atoms with Crippen LogP contribution in [-0.2, 0) is 17.6 Å². The van der Waals surface area contributed by atoms with E-state index in [1.54, 1.807) is 22.7 Å². The van der Waals surface area contributed by atoms with Gasteiger partial charge >= 0.3 is 0 Å². The molecule has 0 aliphatic heterocycles. The number of aryl methyl sites for hydroxylation is 2. The smallest absolute Gasteiger partial charge is 0.182 e. The predicted octanol–water partition coefficient (Wildman–Crippen LogP) is 6.14. The summed E-state index contributed by atoms with van der Waals surface area (Å²) in [5, 5.41) is 1.95. The topological polar surface area (TPSA) is 59.9 Å². The van der Waals surface area contributed by atoms with Gasteiger partial charge in [0, 0.05) is 29.0 Å². The summed E-state index contributed by atoms with van der Waals surface area (Å²) in [4.78, 5) is 36.5. The van der Waals surface area contributed by atoms with Crippen molar-refractivity contribution in [1.29, 1.82) is 0 Å². The molecule has 4 rings (SSSR count). The second-order valence-corrected chi connectivity index (χ2v) is 10.1. The number of Topliss-reactive ketones (excluding diaryl/α,β-unsaturated/α-hetero) is 2. The van der Waals surface area contributed by atoms with Crippen LogP contribution in [0.25, 0.3) is 10.0 Å². The molecule has 0 amide bonds. The van der Waals surface area contributed by atoms with Crippen molar-refractivity contribution in [2.24, 2.45) is 0 Å². The summed E-state index contributed by atoms with van der Waals surface area (Å²) in [5.41, 5.74) is 1.96. The zero-order chi connectivity index (χ0) is 19.5. The molecule has 0 spiro atoms. The fraction of sp³-hybridized carbons (Fsp3) is 0.636. The third-order valence-corrected chi connectivity index (χ3v) is 8.17. The molecule has 1 fully saturated rings. The molecular formula is C22H28N2O2S2. The fourth-order valence-electron chi connectivity index (χ4n) is 3.77. The van der Waals surface area contributed by atoms with Gasteiger partial charge in [0.05, 0.1) is 5.69 Å². The van der Waals surface area contributed by atoms with Crippen LogP contribution in [0.5, 0.6) is 0 Å². The van der Waals surface area contributed by atoms with Crippen molar-refractivity contribution in [3.05, 3.63) is 21.1 Å². The number of carbonyl (C=O) groups is 2. The SMILES string of the molecule is CCC(=O)CCCCCC(=O)c1nc(-c2nc3c(s2)CCCC3)sc1C1CC1. The van der Waals surface area contributed by atoms with Crippen LogP contribution in [0.4, 0.5) is 0 Å². The second-order valence-electron chi connectivity index (χ2n) is 7.98. The molecule has 6 heteroatoms. The van der Waals surface area contributed by atoms with Crippen molar-refractivity contribution in [2.75, 3.05) is 0 Å². The highest BCUT2D eigenvalue weighted by Crippen LogP contribution is 2.47. The maximum Gasteiger partial charge on any atom is 0.182 e. The Balaban J connectivity index is 1.42. The monoisotopic (exact) mass is 416 g/mol. The summed E-state index contributed by atoms with van der Waals surface area (Å²) >= 11 is 3.47. The first kappa shape index (κ1) is 19.9. The lowest BCUT2D eigenvalue weighted by Gasteiger charge is -2.06. The number of fused-ring (bicyclic) bond motifs is 1. The number of unbranched alkanes of at least 4 members (excludes halogenated alkanes) is 2. The Labute approximate surface area is 174 Å². The van der Waals surface area contributed by atoms with E-state index in [1.165, 1.54) is 41.1 Å². The van der Waals surface area contributed by atoms with Crippen LogP contribution in [0.2, 0.25) is 0 Å². The summed E-state index contributed by atoms with van der Waals surface area (Å²) in [6.45, 7) is 1.91. The van der Waals surface area contributed by atoms with Gasteiger partial charge in [0.1, 0.15) is 11.5 Å². The van der Waals surface area contributed by atoms with Gasteiger partial charge < -0.3 is 0 Å². The van der Waals surface area contributed by atoms with Crippen LogP contribution >= 0.6 is 22.7 Å². The lowest BCUT2D eigenvalue weighted by Crippen LogP contribution is -2.03. The molecule has 150 valence electrons. The molecule has 0 aromatic carbocycles. The minimum atomic E-state index is 0.174. The summed E-state index contributed by atoms with van der Waals surface area (Å²) in [6, 6.07) is 0. The maximum absolute atomic E-state index is 12.9. The Kier molecular flexibility index (Phi) is 6.36. The molecule has 1 saturated carbocycles. The molecule has 0 N–H and O–H groups in total. The Morgan fingerprint density at radius 1 is 0.964 bits per heavy atom. The van der Waals surface area contributed by atoms with E-state index in [9.17, 15) is 9.59 Å². The van der Waals surface area contributed by atoms with Crippen LogP contribution in [0.15, 0.2) is 0 Å². The van der Waals surface area contributed by atoms with Crippen molar-refractivity contribution in [1.82, 2.24) is 9.97 Å². The summed E-state index contributed by atoms with van der Waals surface area (Å²) < 4.78 is 0. The van der Waals surface area contributed by atoms with E-state index in [-0.39, 0.29) is 5.78 Å². The molecule has 0 atom stereocenters. The first-order chi connectivity index (χ1) is 13.7.